The molecule has 0 saturated carbocycles. The van der Waals surface area contributed by atoms with Gasteiger partial charge in [0, 0.05) is 5.02 Å². The Labute approximate surface area is 185 Å². The number of carbonyl (C=O) groups is 2. The van der Waals surface area contributed by atoms with Crippen molar-refractivity contribution in [2.45, 2.75) is 20.3 Å². The van der Waals surface area contributed by atoms with Crippen molar-refractivity contribution in [2.24, 2.45) is 0 Å². The first-order valence-corrected chi connectivity index (χ1v) is 10.3. The maximum absolute atomic E-state index is 13.1. The standard InChI is InChI=1S/C22H21ClN2O4S/c1-3-11-29-18-10-5-14(13-19(18)28-4-2)12-17-20(26)24-22(30)25(21(17)27)16-8-6-15(23)7-9-16/h5-10,12-13H,3-4,11H2,1-2H3,(H,24,26,30). The summed E-state index contributed by atoms with van der Waals surface area (Å²) >= 11 is 11.1. The topological polar surface area (TPSA) is 67.9 Å². The maximum Gasteiger partial charge on any atom is 0.270 e. The van der Waals surface area contributed by atoms with Gasteiger partial charge in [0.15, 0.2) is 16.6 Å². The second kappa shape index (κ2) is 9.73. The first-order chi connectivity index (χ1) is 14.4. The van der Waals surface area contributed by atoms with Crippen LogP contribution in [0.15, 0.2) is 48.0 Å². The number of rotatable bonds is 7. The highest BCUT2D eigenvalue weighted by molar-refractivity contribution is 7.80. The molecule has 0 unspecified atom stereocenters. The van der Waals surface area contributed by atoms with Crippen LogP contribution in [0, 0.1) is 0 Å². The Morgan fingerprint density at radius 1 is 1.07 bits per heavy atom. The molecule has 3 rings (SSSR count). The molecule has 0 spiro atoms. The second-order valence-corrected chi connectivity index (χ2v) is 7.25. The minimum Gasteiger partial charge on any atom is -0.490 e. The van der Waals surface area contributed by atoms with Gasteiger partial charge in [0.05, 0.1) is 18.9 Å². The number of anilines is 1. The van der Waals surface area contributed by atoms with Gasteiger partial charge in [-0.05, 0) is 73.6 Å². The first-order valence-electron chi connectivity index (χ1n) is 9.51. The average molecular weight is 445 g/mol. The van der Waals surface area contributed by atoms with Crippen molar-refractivity contribution < 1.29 is 19.1 Å². The number of hydrogen-bond acceptors (Lipinski definition) is 5. The van der Waals surface area contributed by atoms with Crippen molar-refractivity contribution in [1.82, 2.24) is 5.32 Å². The molecule has 1 N–H and O–H groups in total. The van der Waals surface area contributed by atoms with E-state index in [2.05, 4.69) is 5.32 Å². The normalized spacial score (nSPS) is 15.4. The Balaban J connectivity index is 1.95. The smallest absolute Gasteiger partial charge is 0.270 e. The molecular formula is C22H21ClN2O4S. The van der Waals surface area contributed by atoms with Crippen molar-refractivity contribution in [3.63, 3.8) is 0 Å². The maximum atomic E-state index is 13.1. The number of thiocarbonyl (C=S) groups is 1. The van der Waals surface area contributed by atoms with Crippen LogP contribution in [0.2, 0.25) is 5.02 Å². The van der Waals surface area contributed by atoms with Gasteiger partial charge in [-0.15, -0.1) is 0 Å². The van der Waals surface area contributed by atoms with Crippen molar-refractivity contribution in [1.29, 1.82) is 0 Å². The van der Waals surface area contributed by atoms with E-state index < -0.39 is 11.8 Å². The van der Waals surface area contributed by atoms with Crippen molar-refractivity contribution in [3.8, 4) is 11.5 Å². The SMILES string of the molecule is CCCOc1ccc(C=C2C(=O)NC(=S)N(c3ccc(Cl)cc3)C2=O)cc1OCC. The largest absolute Gasteiger partial charge is 0.490 e. The molecular weight excluding hydrogens is 424 g/mol. The highest BCUT2D eigenvalue weighted by Gasteiger charge is 2.34. The molecule has 30 heavy (non-hydrogen) atoms. The van der Waals surface area contributed by atoms with E-state index in [1.807, 2.05) is 13.8 Å². The van der Waals surface area contributed by atoms with Crippen LogP contribution in [-0.2, 0) is 9.59 Å². The van der Waals surface area contributed by atoms with Crippen molar-refractivity contribution >= 4 is 52.5 Å². The van der Waals surface area contributed by atoms with E-state index in [0.29, 0.717) is 41.0 Å². The zero-order valence-electron chi connectivity index (χ0n) is 16.6. The van der Waals surface area contributed by atoms with Crippen LogP contribution in [0.4, 0.5) is 5.69 Å². The number of nitrogens with zero attached hydrogens (tertiary/aromatic N) is 1. The molecule has 1 heterocycles. The third-order valence-electron chi connectivity index (χ3n) is 4.23. The van der Waals surface area contributed by atoms with Crippen LogP contribution in [0.3, 0.4) is 0 Å². The number of amides is 2. The molecule has 6 nitrogen and oxygen atoms in total. The molecule has 8 heteroatoms. The number of carbonyl (C=O) groups excluding carboxylic acids is 2. The Hall–Kier alpha value is -2.90. The Morgan fingerprint density at radius 3 is 2.47 bits per heavy atom. The number of ether oxygens (including phenoxy) is 2. The number of hydrogen-bond donors (Lipinski definition) is 1. The number of benzene rings is 2. The lowest BCUT2D eigenvalue weighted by Crippen LogP contribution is -2.54. The van der Waals surface area contributed by atoms with Crippen LogP contribution in [0.5, 0.6) is 11.5 Å². The van der Waals surface area contributed by atoms with Gasteiger partial charge in [-0.3, -0.25) is 19.8 Å². The number of halogens is 1. The molecule has 2 amide bonds. The summed E-state index contributed by atoms with van der Waals surface area (Å²) < 4.78 is 11.3. The molecule has 1 aliphatic heterocycles. The van der Waals surface area contributed by atoms with E-state index >= 15 is 0 Å². The molecule has 0 atom stereocenters. The molecule has 156 valence electrons. The lowest BCUT2D eigenvalue weighted by molar-refractivity contribution is -0.122. The third-order valence-corrected chi connectivity index (χ3v) is 4.76. The Kier molecular flexibility index (Phi) is 7.07. The summed E-state index contributed by atoms with van der Waals surface area (Å²) in [5.41, 5.74) is 1.10. The molecule has 2 aromatic carbocycles. The third kappa shape index (κ3) is 4.80. The number of nitrogens with one attached hydrogen (secondary N) is 1. The van der Waals surface area contributed by atoms with Crippen LogP contribution in [-0.4, -0.2) is 30.1 Å². The van der Waals surface area contributed by atoms with Crippen molar-refractivity contribution in [3.05, 3.63) is 58.6 Å². The summed E-state index contributed by atoms with van der Waals surface area (Å²) in [5.74, 6) is 0.0908. The zero-order chi connectivity index (χ0) is 21.7. The molecule has 0 bridgehead atoms. The molecule has 1 saturated heterocycles. The van der Waals surface area contributed by atoms with Gasteiger partial charge in [0.1, 0.15) is 5.57 Å². The van der Waals surface area contributed by atoms with Crippen LogP contribution >= 0.6 is 23.8 Å². The quantitative estimate of drug-likeness (QED) is 0.390. The van der Waals surface area contributed by atoms with Gasteiger partial charge in [0.25, 0.3) is 11.8 Å². The molecule has 0 aliphatic carbocycles. The summed E-state index contributed by atoms with van der Waals surface area (Å²) in [7, 11) is 0. The Morgan fingerprint density at radius 2 is 1.80 bits per heavy atom. The molecule has 2 aromatic rings. The fourth-order valence-corrected chi connectivity index (χ4v) is 3.27. The van der Waals surface area contributed by atoms with E-state index in [0.717, 1.165) is 6.42 Å². The highest BCUT2D eigenvalue weighted by atomic mass is 35.5. The Bertz CT molecular complexity index is 1000. The van der Waals surface area contributed by atoms with E-state index in [1.54, 1.807) is 42.5 Å². The minimum atomic E-state index is -0.556. The summed E-state index contributed by atoms with van der Waals surface area (Å²) in [5, 5.41) is 3.11. The molecule has 0 radical (unpaired) electrons. The summed E-state index contributed by atoms with van der Waals surface area (Å²) in [6.07, 6.45) is 2.38. The van der Waals surface area contributed by atoms with Gasteiger partial charge in [-0.1, -0.05) is 24.6 Å². The monoisotopic (exact) mass is 444 g/mol. The van der Waals surface area contributed by atoms with Gasteiger partial charge in [-0.25, -0.2) is 0 Å². The van der Waals surface area contributed by atoms with Gasteiger partial charge in [-0.2, -0.15) is 0 Å². The second-order valence-electron chi connectivity index (χ2n) is 6.42. The summed E-state index contributed by atoms with van der Waals surface area (Å²) in [6, 6.07) is 11.9. The summed E-state index contributed by atoms with van der Waals surface area (Å²) in [6.45, 7) is 4.91. The predicted octanol–water partition coefficient (Wildman–Crippen LogP) is 4.36. The lowest BCUT2D eigenvalue weighted by Gasteiger charge is -2.29. The predicted molar refractivity (Wildman–Crippen MR) is 121 cm³/mol. The lowest BCUT2D eigenvalue weighted by atomic mass is 10.1. The summed E-state index contributed by atoms with van der Waals surface area (Å²) in [4.78, 5) is 26.8. The van der Waals surface area contributed by atoms with Crippen LogP contribution in [0.1, 0.15) is 25.8 Å². The van der Waals surface area contributed by atoms with Crippen molar-refractivity contribution in [2.75, 3.05) is 18.1 Å². The van der Waals surface area contributed by atoms with E-state index in [1.165, 1.54) is 11.0 Å². The average Bonchev–Trinajstić information content (AvgIpc) is 2.72. The molecule has 1 aliphatic rings. The van der Waals surface area contributed by atoms with Gasteiger partial charge < -0.3 is 9.47 Å². The van der Waals surface area contributed by atoms with E-state index in [4.69, 9.17) is 33.3 Å². The first kappa shape index (κ1) is 21.8. The molecule has 0 aromatic heterocycles. The zero-order valence-corrected chi connectivity index (χ0v) is 18.2. The highest BCUT2D eigenvalue weighted by Crippen LogP contribution is 2.30. The van der Waals surface area contributed by atoms with E-state index in [9.17, 15) is 9.59 Å². The van der Waals surface area contributed by atoms with Crippen LogP contribution in [0.25, 0.3) is 6.08 Å². The molecule has 1 fully saturated rings. The fourth-order valence-electron chi connectivity index (χ4n) is 2.86. The minimum absolute atomic E-state index is 0.0165. The van der Waals surface area contributed by atoms with Crippen LogP contribution < -0.4 is 19.7 Å². The van der Waals surface area contributed by atoms with Gasteiger partial charge >= 0.3 is 0 Å². The van der Waals surface area contributed by atoms with Gasteiger partial charge in [0.2, 0.25) is 0 Å². The van der Waals surface area contributed by atoms with E-state index in [-0.39, 0.29) is 10.7 Å². The fraction of sp³-hybridized carbons (Fsp3) is 0.227.